The largest absolute Gasteiger partial charge is 0.416 e. The highest BCUT2D eigenvalue weighted by Gasteiger charge is 2.38. The van der Waals surface area contributed by atoms with Crippen molar-refractivity contribution in [1.82, 2.24) is 30.6 Å². The molecule has 18 rings (SSSR count). The fourth-order valence-corrected chi connectivity index (χ4v) is 16.0. The van der Waals surface area contributed by atoms with Crippen LogP contribution >= 0.6 is 39.1 Å². The number of fused-ring (bicyclic) bond motifs is 12. The maximum absolute atomic E-state index is 13.2. The fourth-order valence-electron chi connectivity index (χ4n) is 14.5. The zero-order valence-electron chi connectivity index (χ0n) is 53.2. The number of alkyl halides is 3. The molecule has 10 aromatic rings. The molecule has 0 saturated carbocycles. The molecule has 8 fully saturated rings. The molecule has 12 heterocycles. The number of hydrogen-bond donors (Lipinski definition) is 7. The number of anilines is 6. The van der Waals surface area contributed by atoms with Gasteiger partial charge in [0.05, 0.1) is 23.7 Å². The van der Waals surface area contributed by atoms with Gasteiger partial charge in [0, 0.05) is 207 Å². The molecular weight excluding hydrogens is 1350 g/mol. The Kier molecular flexibility index (Phi) is 19.4. The van der Waals surface area contributed by atoms with Crippen molar-refractivity contribution in [2.75, 3.05) is 101 Å². The number of halogens is 6. The highest BCUT2D eigenvalue weighted by Crippen LogP contribution is 2.41. The third-order valence-corrected chi connectivity index (χ3v) is 20.9. The van der Waals surface area contributed by atoms with Crippen molar-refractivity contribution in [2.24, 2.45) is 11.8 Å². The topological polar surface area (TPSA) is 201 Å². The highest BCUT2D eigenvalue weighted by atomic mass is 79.9. The molecule has 7 N–H and O–H groups in total. The van der Waals surface area contributed by atoms with Crippen molar-refractivity contribution in [3.05, 3.63) is 177 Å². The highest BCUT2D eigenvalue weighted by molar-refractivity contribution is 9.10. The molecule has 96 heavy (non-hydrogen) atoms. The number of ketones is 1. The summed E-state index contributed by atoms with van der Waals surface area (Å²) >= 11 is 16.2. The number of benzene rings is 6. The standard InChI is InChI=1S/C22H23ClN2O.C19H21ClN4O2S.C16H16F3N3O.C15H16BrN3O/c1-2-22(26)17-5-3-15(4-6-17)16-8-11-25(12-9-16)21-14-18(23)13-20-19(21)7-10-24-20;1-27(25,26)22-15-2-4-16(5-3-15)23-8-10-24(11-9-23)19-13-14(20)12-18-17(19)6-7-21-18;17-16(18,19)10-5-13-12(3-4-20-13)14(6-10)22-7-9-1-2-11(8-22)21-15(9)23;16-10-5-13-12(3-4-17-13)14(6-10)19-7-9-1-2-11(8-19)18-15(9)20/h3-7,10,13-14,16,24H,2,8-9,11-12H2,1H3;2-7,12-13,21-22H,8-11H2,1H3;3-6,9,11,20H,1-2,7-8H2,(H,21,23);3-6,9,11,17H,1-2,7-8H2,(H,18,20)/t;;2*9-,11+/m..11/s1. The van der Waals surface area contributed by atoms with Crippen LogP contribution in [0.1, 0.15) is 79.3 Å². The Morgan fingerprint density at radius 3 is 1.45 bits per heavy atom. The van der Waals surface area contributed by atoms with Crippen molar-refractivity contribution in [1.29, 1.82) is 0 Å². The fraction of sp³-hybridized carbons (Fsp3) is 0.347. The van der Waals surface area contributed by atoms with E-state index in [1.165, 1.54) is 39.2 Å². The zero-order chi connectivity index (χ0) is 67.0. The molecule has 502 valence electrons. The number of piperidine rings is 3. The first-order chi connectivity index (χ1) is 46.2. The minimum absolute atomic E-state index is 0.00443. The molecule has 24 heteroatoms. The third kappa shape index (κ3) is 15.0. The third-order valence-electron chi connectivity index (χ3n) is 19.4. The Labute approximate surface area is 573 Å². The SMILES string of the molecule is CCC(=O)c1ccc(C2CCN(c3cc(Cl)cc4[nH]ccc34)CC2)cc1.CS(=O)(=O)Nc1ccc(N2CCN(c3cc(Cl)cc4[nH]ccc34)CC2)cc1.O=C1N[C@H]2CC[C@@H]1CN(c1cc(Br)cc3[nH]ccc13)C2.O=C1N[C@H]2CC[C@@H]1CN(c1cc(C(F)(F)F)cc3[nH]ccc13)C2. The molecule has 4 atom stereocenters. The molecule has 2 amide bonds. The summed E-state index contributed by atoms with van der Waals surface area (Å²) in [6.45, 7) is 10.2. The maximum Gasteiger partial charge on any atom is 0.416 e. The van der Waals surface area contributed by atoms with Crippen molar-refractivity contribution in [3.63, 3.8) is 0 Å². The summed E-state index contributed by atoms with van der Waals surface area (Å²) in [4.78, 5) is 59.7. The van der Waals surface area contributed by atoms with Gasteiger partial charge in [0.25, 0.3) is 0 Å². The van der Waals surface area contributed by atoms with Gasteiger partial charge in [-0.15, -0.1) is 0 Å². The number of aromatic nitrogens is 4. The van der Waals surface area contributed by atoms with Crippen LogP contribution in [-0.2, 0) is 25.8 Å². The monoisotopic (exact) mass is 1430 g/mol. The number of hydrogen-bond acceptors (Lipinski definition) is 10. The number of aromatic amines is 4. The van der Waals surface area contributed by atoms with E-state index >= 15 is 0 Å². The normalized spacial score (nSPS) is 19.9. The molecular formula is C72H76BrCl2F3N12O5S. The minimum Gasteiger partial charge on any atom is -0.371 e. The predicted octanol–water partition coefficient (Wildman–Crippen LogP) is 14.9. The van der Waals surface area contributed by atoms with E-state index in [0.717, 1.165) is 157 Å². The van der Waals surface area contributed by atoms with Crippen LogP contribution in [-0.4, -0.2) is 130 Å². The molecule has 8 aliphatic heterocycles. The van der Waals surface area contributed by atoms with Crippen LogP contribution in [0.5, 0.6) is 0 Å². The van der Waals surface area contributed by atoms with E-state index in [9.17, 15) is 36.0 Å². The predicted molar refractivity (Wildman–Crippen MR) is 384 cm³/mol. The van der Waals surface area contributed by atoms with E-state index in [1.807, 2.05) is 72.9 Å². The lowest BCUT2D eigenvalue weighted by Crippen LogP contribution is -2.46. The molecule has 0 radical (unpaired) electrons. The number of nitrogens with zero attached hydrogens (tertiary/aromatic N) is 5. The first-order valence-electron chi connectivity index (χ1n) is 32.7. The Balaban J connectivity index is 0.000000116. The Bertz CT molecular complexity index is 4580. The number of carbonyl (C=O) groups is 3. The Hall–Kier alpha value is -8.31. The summed E-state index contributed by atoms with van der Waals surface area (Å²) in [6, 6.07) is 38.7. The van der Waals surface area contributed by atoms with E-state index in [4.69, 9.17) is 23.2 Å². The average molecular weight is 1430 g/mol. The summed E-state index contributed by atoms with van der Waals surface area (Å²) in [5, 5.41) is 12.0. The van der Waals surface area contributed by atoms with Gasteiger partial charge in [0.2, 0.25) is 21.8 Å². The molecule has 17 nitrogen and oxygen atoms in total. The first kappa shape index (κ1) is 66.3. The van der Waals surface area contributed by atoms with Gasteiger partial charge in [-0.25, -0.2) is 8.42 Å². The van der Waals surface area contributed by atoms with Gasteiger partial charge in [0.1, 0.15) is 0 Å². The van der Waals surface area contributed by atoms with Crippen LogP contribution in [0.25, 0.3) is 43.6 Å². The van der Waals surface area contributed by atoms with Crippen molar-refractivity contribution in [2.45, 2.75) is 76.0 Å². The second-order valence-electron chi connectivity index (χ2n) is 25.8. The van der Waals surface area contributed by atoms with Crippen LogP contribution in [0, 0.1) is 11.8 Å². The van der Waals surface area contributed by atoms with Gasteiger partial charge in [0.15, 0.2) is 5.78 Å². The second-order valence-corrected chi connectivity index (χ2v) is 29.4. The van der Waals surface area contributed by atoms with Gasteiger partial charge >= 0.3 is 6.18 Å². The number of rotatable bonds is 10. The Morgan fingerprint density at radius 1 is 0.531 bits per heavy atom. The van der Waals surface area contributed by atoms with Crippen LogP contribution in [0.4, 0.5) is 47.3 Å². The van der Waals surface area contributed by atoms with Gasteiger partial charge in [-0.05, 0) is 147 Å². The first-order valence-corrected chi connectivity index (χ1v) is 36.2. The molecule has 4 bridgehead atoms. The van der Waals surface area contributed by atoms with E-state index < -0.39 is 21.8 Å². The molecule has 8 aliphatic rings. The number of sulfonamides is 1. The molecule has 0 spiro atoms. The summed E-state index contributed by atoms with van der Waals surface area (Å²) in [7, 11) is -3.25. The number of H-pyrrole nitrogens is 4. The van der Waals surface area contributed by atoms with Crippen molar-refractivity contribution in [3.8, 4) is 0 Å². The van der Waals surface area contributed by atoms with Crippen LogP contribution in [0.3, 0.4) is 0 Å². The van der Waals surface area contributed by atoms with Gasteiger partial charge in [-0.2, -0.15) is 13.2 Å². The lowest BCUT2D eigenvalue weighted by Gasteiger charge is -2.37. The lowest BCUT2D eigenvalue weighted by molar-refractivity contribution is -0.137. The zero-order valence-corrected chi connectivity index (χ0v) is 57.1. The van der Waals surface area contributed by atoms with Crippen LogP contribution < -0.4 is 39.9 Å². The number of nitrogens with one attached hydrogen (secondary N) is 7. The smallest absolute Gasteiger partial charge is 0.371 e. The van der Waals surface area contributed by atoms with Crippen molar-refractivity contribution < 1.29 is 36.0 Å². The van der Waals surface area contributed by atoms with E-state index in [2.05, 4.69) is 119 Å². The molecule has 8 saturated heterocycles. The molecule has 0 aliphatic carbocycles. The minimum atomic E-state index is -4.40. The van der Waals surface area contributed by atoms with Crippen LogP contribution in [0.2, 0.25) is 10.0 Å². The quantitative estimate of drug-likeness (QED) is 0.0646. The number of Topliss-reactive ketones (excluding diaryl/α,β-unsaturated/α-hetero) is 1. The number of piperazine rings is 1. The van der Waals surface area contributed by atoms with Gasteiger partial charge < -0.3 is 55.1 Å². The van der Waals surface area contributed by atoms with Gasteiger partial charge in [-0.1, -0.05) is 70.3 Å². The summed E-state index contributed by atoms with van der Waals surface area (Å²) in [6.07, 6.45) is 10.8. The van der Waals surface area contributed by atoms with Crippen molar-refractivity contribution >= 4 is 144 Å². The molecule has 4 aromatic heterocycles. The maximum atomic E-state index is 13.2. The van der Waals surface area contributed by atoms with E-state index in [1.54, 1.807) is 24.4 Å². The Morgan fingerprint density at radius 2 is 0.979 bits per heavy atom. The summed E-state index contributed by atoms with van der Waals surface area (Å²) < 4.78 is 65.7. The molecule has 0 unspecified atom stereocenters. The number of amides is 2. The lowest BCUT2D eigenvalue weighted by atomic mass is 9.88. The van der Waals surface area contributed by atoms with E-state index in [-0.39, 0.29) is 41.5 Å². The van der Waals surface area contributed by atoms with E-state index in [0.29, 0.717) is 42.3 Å². The average Bonchev–Trinajstić information content (AvgIpc) is 1.53. The molecule has 6 aromatic carbocycles. The van der Waals surface area contributed by atoms with Crippen LogP contribution in [0.15, 0.2) is 151 Å². The number of carbonyl (C=O) groups excluding carboxylic acids is 3. The summed E-state index contributed by atoms with van der Waals surface area (Å²) in [5.41, 5.74) is 11.0. The second kappa shape index (κ2) is 28.0. The van der Waals surface area contributed by atoms with Gasteiger partial charge in [-0.3, -0.25) is 19.1 Å². The summed E-state index contributed by atoms with van der Waals surface area (Å²) in [5.74, 6) is 0.977.